The van der Waals surface area contributed by atoms with Gasteiger partial charge in [-0.2, -0.15) is 0 Å². The summed E-state index contributed by atoms with van der Waals surface area (Å²) < 4.78 is 6.49. The first-order valence-electron chi connectivity index (χ1n) is 8.50. The largest absolute Gasteiger partial charge is 0.497 e. The highest BCUT2D eigenvalue weighted by Gasteiger charge is 2.14. The lowest BCUT2D eigenvalue weighted by atomic mass is 10.0. The molecule has 0 spiro atoms. The number of nitrogens with zero attached hydrogens (tertiary/aromatic N) is 2. The van der Waals surface area contributed by atoms with E-state index in [4.69, 9.17) is 4.74 Å². The van der Waals surface area contributed by atoms with Gasteiger partial charge in [-0.15, -0.1) is 0 Å². The van der Waals surface area contributed by atoms with Crippen LogP contribution in [-0.2, 0) is 11.3 Å². The molecule has 0 saturated heterocycles. The number of hydrogen-bond acceptors (Lipinski definition) is 4. The van der Waals surface area contributed by atoms with Crippen LogP contribution in [0.4, 0.5) is 0 Å². The second-order valence-electron chi connectivity index (χ2n) is 6.00. The third-order valence-electron chi connectivity index (χ3n) is 4.31. The average Bonchev–Trinajstić information content (AvgIpc) is 2.68. The zero-order valence-corrected chi connectivity index (χ0v) is 14.8. The van der Waals surface area contributed by atoms with E-state index in [-0.39, 0.29) is 24.1 Å². The number of benzene rings is 2. The summed E-state index contributed by atoms with van der Waals surface area (Å²) in [5, 5.41) is 3.48. The maximum Gasteiger partial charge on any atom is 0.261 e. The van der Waals surface area contributed by atoms with Gasteiger partial charge in [0.15, 0.2) is 0 Å². The monoisotopic (exact) mass is 351 g/mol. The van der Waals surface area contributed by atoms with Crippen molar-refractivity contribution in [2.45, 2.75) is 25.9 Å². The Hall–Kier alpha value is -3.15. The molecule has 26 heavy (non-hydrogen) atoms. The van der Waals surface area contributed by atoms with E-state index in [2.05, 4.69) is 10.3 Å². The molecule has 1 heterocycles. The van der Waals surface area contributed by atoms with Crippen LogP contribution in [0.15, 0.2) is 59.7 Å². The Bertz CT molecular complexity index is 964. The maximum atomic E-state index is 12.5. The van der Waals surface area contributed by atoms with Crippen LogP contribution in [0.2, 0.25) is 0 Å². The van der Waals surface area contributed by atoms with Crippen molar-refractivity contribution in [2.24, 2.45) is 0 Å². The Kier molecular flexibility index (Phi) is 5.31. The number of rotatable bonds is 6. The van der Waals surface area contributed by atoms with E-state index in [1.54, 1.807) is 25.3 Å². The predicted molar refractivity (Wildman–Crippen MR) is 100 cm³/mol. The van der Waals surface area contributed by atoms with Crippen molar-refractivity contribution in [2.75, 3.05) is 7.11 Å². The number of carbonyl (C=O) groups is 1. The molecule has 0 saturated carbocycles. The van der Waals surface area contributed by atoms with E-state index in [1.807, 2.05) is 37.3 Å². The highest BCUT2D eigenvalue weighted by molar-refractivity contribution is 5.79. The Balaban J connectivity index is 1.75. The molecule has 0 aliphatic rings. The number of carbonyl (C=O) groups excluding carboxylic acids is 1. The zero-order chi connectivity index (χ0) is 18.5. The molecule has 3 aromatic rings. The SMILES string of the molecule is CC[C@H](NC(=O)Cn1cnc2ccccc2c1=O)c1ccc(OC)cc1. The van der Waals surface area contributed by atoms with Crippen molar-refractivity contribution < 1.29 is 9.53 Å². The number of fused-ring (bicyclic) bond motifs is 1. The topological polar surface area (TPSA) is 73.2 Å². The molecule has 1 atom stereocenters. The quantitative estimate of drug-likeness (QED) is 0.741. The van der Waals surface area contributed by atoms with Gasteiger partial charge in [-0.1, -0.05) is 31.2 Å². The number of methoxy groups -OCH3 is 1. The molecule has 6 heteroatoms. The molecule has 6 nitrogen and oxygen atoms in total. The van der Waals surface area contributed by atoms with Crippen molar-refractivity contribution in [1.82, 2.24) is 14.9 Å². The van der Waals surface area contributed by atoms with Crippen LogP contribution in [0, 0.1) is 0 Å². The summed E-state index contributed by atoms with van der Waals surface area (Å²) in [5.41, 5.74) is 1.40. The number of para-hydroxylation sites is 1. The van der Waals surface area contributed by atoms with Gasteiger partial charge in [0.25, 0.3) is 5.56 Å². The average molecular weight is 351 g/mol. The third kappa shape index (κ3) is 3.74. The minimum absolute atomic E-state index is 0.0661. The summed E-state index contributed by atoms with van der Waals surface area (Å²) in [4.78, 5) is 29.2. The van der Waals surface area contributed by atoms with E-state index >= 15 is 0 Å². The Morgan fingerprint density at radius 2 is 1.92 bits per heavy atom. The van der Waals surface area contributed by atoms with E-state index in [9.17, 15) is 9.59 Å². The van der Waals surface area contributed by atoms with Gasteiger partial charge in [0.2, 0.25) is 5.91 Å². The van der Waals surface area contributed by atoms with Crippen molar-refractivity contribution >= 4 is 16.8 Å². The minimum atomic E-state index is -0.230. The fourth-order valence-electron chi connectivity index (χ4n) is 2.87. The summed E-state index contributed by atoms with van der Waals surface area (Å²) in [6.07, 6.45) is 2.15. The molecule has 1 amide bonds. The standard InChI is InChI=1S/C20H21N3O3/c1-3-17(14-8-10-15(26-2)11-9-14)22-19(24)12-23-13-21-18-7-5-4-6-16(18)20(23)25/h4-11,13,17H,3,12H2,1-2H3,(H,22,24)/t17-/m0/s1. The molecule has 134 valence electrons. The minimum Gasteiger partial charge on any atom is -0.497 e. The van der Waals surface area contributed by atoms with Crippen LogP contribution >= 0.6 is 0 Å². The highest BCUT2D eigenvalue weighted by Crippen LogP contribution is 2.20. The molecule has 1 aromatic heterocycles. The molecule has 0 bridgehead atoms. The van der Waals surface area contributed by atoms with Gasteiger partial charge in [-0.25, -0.2) is 4.98 Å². The van der Waals surface area contributed by atoms with E-state index < -0.39 is 0 Å². The van der Waals surface area contributed by atoms with Crippen molar-refractivity contribution in [3.05, 3.63) is 70.8 Å². The molecular weight excluding hydrogens is 330 g/mol. The number of amides is 1. The lowest BCUT2D eigenvalue weighted by molar-refractivity contribution is -0.122. The fourth-order valence-corrected chi connectivity index (χ4v) is 2.87. The van der Waals surface area contributed by atoms with Crippen LogP contribution in [-0.4, -0.2) is 22.6 Å². The smallest absolute Gasteiger partial charge is 0.261 e. The normalized spacial score (nSPS) is 11.9. The molecule has 0 fully saturated rings. The second-order valence-corrected chi connectivity index (χ2v) is 6.00. The van der Waals surface area contributed by atoms with Gasteiger partial charge in [-0.05, 0) is 36.2 Å². The molecule has 2 aromatic carbocycles. The Morgan fingerprint density at radius 3 is 2.62 bits per heavy atom. The molecule has 0 radical (unpaired) electrons. The van der Waals surface area contributed by atoms with Crippen LogP contribution in [0.1, 0.15) is 24.9 Å². The number of nitrogens with one attached hydrogen (secondary N) is 1. The fraction of sp³-hybridized carbons (Fsp3) is 0.250. The molecular formula is C20H21N3O3. The van der Waals surface area contributed by atoms with E-state index in [0.29, 0.717) is 10.9 Å². The van der Waals surface area contributed by atoms with Crippen LogP contribution in [0.3, 0.4) is 0 Å². The zero-order valence-electron chi connectivity index (χ0n) is 14.8. The lowest BCUT2D eigenvalue weighted by Crippen LogP contribution is -2.34. The number of ether oxygens (including phenoxy) is 1. The highest BCUT2D eigenvalue weighted by atomic mass is 16.5. The molecule has 0 aliphatic heterocycles. The first-order valence-corrected chi connectivity index (χ1v) is 8.50. The summed E-state index contributed by atoms with van der Waals surface area (Å²) in [5.74, 6) is 0.538. The molecule has 0 unspecified atom stereocenters. The third-order valence-corrected chi connectivity index (χ3v) is 4.31. The van der Waals surface area contributed by atoms with Crippen LogP contribution in [0.25, 0.3) is 10.9 Å². The van der Waals surface area contributed by atoms with Crippen LogP contribution < -0.4 is 15.6 Å². The maximum absolute atomic E-state index is 12.5. The Morgan fingerprint density at radius 1 is 1.19 bits per heavy atom. The lowest BCUT2D eigenvalue weighted by Gasteiger charge is -2.18. The van der Waals surface area contributed by atoms with Gasteiger partial charge >= 0.3 is 0 Å². The predicted octanol–water partition coefficient (Wildman–Crippen LogP) is 2.67. The van der Waals surface area contributed by atoms with E-state index in [0.717, 1.165) is 17.7 Å². The van der Waals surface area contributed by atoms with Gasteiger partial charge in [0, 0.05) is 0 Å². The van der Waals surface area contributed by atoms with E-state index in [1.165, 1.54) is 10.9 Å². The number of aromatic nitrogens is 2. The van der Waals surface area contributed by atoms with Gasteiger partial charge in [0.1, 0.15) is 12.3 Å². The summed E-state index contributed by atoms with van der Waals surface area (Å²) in [6, 6.07) is 14.6. The first-order chi connectivity index (χ1) is 12.6. The van der Waals surface area contributed by atoms with Crippen molar-refractivity contribution in [1.29, 1.82) is 0 Å². The van der Waals surface area contributed by atoms with Crippen molar-refractivity contribution in [3.8, 4) is 5.75 Å². The summed E-state index contributed by atoms with van der Waals surface area (Å²) in [7, 11) is 1.61. The first kappa shape index (κ1) is 17.7. The van der Waals surface area contributed by atoms with Gasteiger partial charge < -0.3 is 10.1 Å². The second kappa shape index (κ2) is 7.82. The molecule has 3 rings (SSSR count). The van der Waals surface area contributed by atoms with Gasteiger partial charge in [-0.3, -0.25) is 14.2 Å². The Labute approximate surface area is 151 Å². The summed E-state index contributed by atoms with van der Waals surface area (Å²) >= 11 is 0. The molecule has 0 aliphatic carbocycles. The van der Waals surface area contributed by atoms with Crippen molar-refractivity contribution in [3.63, 3.8) is 0 Å². The van der Waals surface area contributed by atoms with Gasteiger partial charge in [0.05, 0.1) is 30.4 Å². The summed E-state index contributed by atoms with van der Waals surface area (Å²) in [6.45, 7) is 1.93. The molecule has 1 N–H and O–H groups in total. The van der Waals surface area contributed by atoms with Crippen LogP contribution in [0.5, 0.6) is 5.75 Å². The number of hydrogen-bond donors (Lipinski definition) is 1.